The summed E-state index contributed by atoms with van der Waals surface area (Å²) in [5.41, 5.74) is 1.37. The molecule has 2 aromatic carbocycles. The average Bonchev–Trinajstić information content (AvgIpc) is 3.20. The third-order valence-electron chi connectivity index (χ3n) is 5.30. The molecule has 2 N–H and O–H groups in total. The molecule has 1 saturated carbocycles. The zero-order valence-electron chi connectivity index (χ0n) is 15.2. The number of carbonyl (C=O) groups is 2. The number of rotatable bonds is 7. The quantitative estimate of drug-likeness (QED) is 0.755. The first-order valence-corrected chi connectivity index (χ1v) is 9.41. The van der Waals surface area contributed by atoms with E-state index in [4.69, 9.17) is 0 Å². The molecule has 0 spiro atoms. The van der Waals surface area contributed by atoms with Crippen LogP contribution < -0.4 is 5.32 Å². The van der Waals surface area contributed by atoms with Gasteiger partial charge in [-0.25, -0.2) is 9.18 Å². The van der Waals surface area contributed by atoms with Crippen LogP contribution in [0.2, 0.25) is 0 Å². The van der Waals surface area contributed by atoms with Crippen molar-refractivity contribution in [1.82, 2.24) is 5.32 Å². The van der Waals surface area contributed by atoms with E-state index in [1.807, 2.05) is 0 Å². The summed E-state index contributed by atoms with van der Waals surface area (Å²) in [6, 6.07) is 13.0. The van der Waals surface area contributed by atoms with Gasteiger partial charge in [0.25, 0.3) is 0 Å². The lowest BCUT2D eigenvalue weighted by atomic mass is 9.91. The number of carboxylic acids is 1. The summed E-state index contributed by atoms with van der Waals surface area (Å²) in [5.74, 6) is -1.25. The summed E-state index contributed by atoms with van der Waals surface area (Å²) in [6.45, 7) is 0. The van der Waals surface area contributed by atoms with Gasteiger partial charge in [0.1, 0.15) is 5.82 Å². The van der Waals surface area contributed by atoms with Crippen molar-refractivity contribution < 1.29 is 19.1 Å². The number of halogens is 1. The van der Waals surface area contributed by atoms with E-state index in [-0.39, 0.29) is 35.7 Å². The molecular formula is C22H24FNO3. The molecule has 142 valence electrons. The van der Waals surface area contributed by atoms with E-state index in [2.05, 4.69) is 5.32 Å². The van der Waals surface area contributed by atoms with Gasteiger partial charge in [0.05, 0.1) is 11.6 Å². The lowest BCUT2D eigenvalue weighted by Gasteiger charge is -2.25. The average molecular weight is 369 g/mol. The molecule has 0 aromatic heterocycles. The van der Waals surface area contributed by atoms with Gasteiger partial charge in [-0.2, -0.15) is 0 Å². The minimum Gasteiger partial charge on any atom is -0.478 e. The predicted molar refractivity (Wildman–Crippen MR) is 101 cm³/mol. The molecule has 1 aliphatic rings. The minimum absolute atomic E-state index is 0.169. The summed E-state index contributed by atoms with van der Waals surface area (Å²) in [4.78, 5) is 23.9. The van der Waals surface area contributed by atoms with Crippen LogP contribution in [-0.2, 0) is 11.2 Å². The molecule has 1 aliphatic carbocycles. The van der Waals surface area contributed by atoms with Crippen molar-refractivity contribution in [2.24, 2.45) is 5.92 Å². The maximum absolute atomic E-state index is 14.3. The van der Waals surface area contributed by atoms with Crippen LogP contribution in [0.25, 0.3) is 0 Å². The number of hydrogen-bond donors (Lipinski definition) is 2. The Morgan fingerprint density at radius 2 is 1.74 bits per heavy atom. The first kappa shape index (κ1) is 19.1. The number of amides is 1. The number of nitrogens with one attached hydrogen (secondary N) is 1. The molecule has 1 amide bonds. The predicted octanol–water partition coefficient (Wildman–Crippen LogP) is 4.50. The highest BCUT2D eigenvalue weighted by Gasteiger charge is 2.29. The lowest BCUT2D eigenvalue weighted by Crippen LogP contribution is -2.33. The van der Waals surface area contributed by atoms with E-state index in [1.165, 1.54) is 12.1 Å². The fraction of sp³-hybridized carbons (Fsp3) is 0.364. The largest absolute Gasteiger partial charge is 0.478 e. The van der Waals surface area contributed by atoms with Crippen LogP contribution in [0, 0.1) is 11.7 Å². The lowest BCUT2D eigenvalue weighted by molar-refractivity contribution is -0.122. The molecule has 27 heavy (non-hydrogen) atoms. The number of benzene rings is 2. The van der Waals surface area contributed by atoms with Gasteiger partial charge in [-0.05, 0) is 42.9 Å². The van der Waals surface area contributed by atoms with Gasteiger partial charge in [-0.15, -0.1) is 0 Å². The zero-order valence-corrected chi connectivity index (χ0v) is 15.2. The highest BCUT2D eigenvalue weighted by atomic mass is 19.1. The van der Waals surface area contributed by atoms with Crippen molar-refractivity contribution in [3.05, 3.63) is 71.0 Å². The van der Waals surface area contributed by atoms with Gasteiger partial charge in [-0.3, -0.25) is 4.79 Å². The molecule has 0 saturated heterocycles. The second-order valence-electron chi connectivity index (χ2n) is 7.07. The van der Waals surface area contributed by atoms with Crippen molar-refractivity contribution in [3.8, 4) is 0 Å². The van der Waals surface area contributed by atoms with Crippen molar-refractivity contribution in [3.63, 3.8) is 0 Å². The molecule has 0 radical (unpaired) electrons. The molecule has 1 fully saturated rings. The fourth-order valence-corrected chi connectivity index (χ4v) is 3.91. The van der Waals surface area contributed by atoms with Crippen molar-refractivity contribution >= 4 is 11.9 Å². The Hall–Kier alpha value is -2.69. The van der Waals surface area contributed by atoms with E-state index < -0.39 is 5.97 Å². The molecule has 0 aliphatic heterocycles. The molecule has 2 aromatic rings. The normalized spacial score (nSPS) is 15.4. The zero-order chi connectivity index (χ0) is 19.2. The van der Waals surface area contributed by atoms with E-state index in [1.54, 1.807) is 36.4 Å². The molecule has 4 nitrogen and oxygen atoms in total. The maximum Gasteiger partial charge on any atom is 0.335 e. The van der Waals surface area contributed by atoms with Gasteiger partial charge in [0.15, 0.2) is 0 Å². The standard InChI is InChI=1S/C22H24FNO3/c23-19-12-6-5-11-18(19)21(16-8-1-2-9-16)24-20(25)14-13-15-7-3-4-10-17(15)22(26)27/h3-7,10-12,16,21H,1-2,8-9,13-14H2,(H,24,25)(H,26,27). The van der Waals surface area contributed by atoms with E-state index in [0.29, 0.717) is 17.5 Å². The van der Waals surface area contributed by atoms with E-state index in [0.717, 1.165) is 25.7 Å². The van der Waals surface area contributed by atoms with Crippen LogP contribution in [-0.4, -0.2) is 17.0 Å². The summed E-state index contributed by atoms with van der Waals surface area (Å²) in [5, 5.41) is 12.3. The second-order valence-corrected chi connectivity index (χ2v) is 7.07. The van der Waals surface area contributed by atoms with Crippen LogP contribution in [0.4, 0.5) is 4.39 Å². The fourth-order valence-electron chi connectivity index (χ4n) is 3.91. The van der Waals surface area contributed by atoms with E-state index in [9.17, 15) is 19.1 Å². The number of carbonyl (C=O) groups excluding carboxylic acids is 1. The van der Waals surface area contributed by atoms with Crippen LogP contribution in [0.3, 0.4) is 0 Å². The van der Waals surface area contributed by atoms with Gasteiger partial charge in [-0.1, -0.05) is 49.2 Å². The SMILES string of the molecule is O=C(CCc1ccccc1C(=O)O)NC(c1ccccc1F)C1CCCC1. The summed E-state index contributed by atoms with van der Waals surface area (Å²) in [7, 11) is 0. The van der Waals surface area contributed by atoms with Crippen LogP contribution in [0.5, 0.6) is 0 Å². The van der Waals surface area contributed by atoms with Crippen molar-refractivity contribution in [2.45, 2.75) is 44.6 Å². The molecule has 0 bridgehead atoms. The Morgan fingerprint density at radius 3 is 2.44 bits per heavy atom. The van der Waals surface area contributed by atoms with Crippen LogP contribution in [0.1, 0.15) is 59.6 Å². The number of aromatic carboxylic acids is 1. The Kier molecular flexibility index (Phi) is 6.22. The highest BCUT2D eigenvalue weighted by Crippen LogP contribution is 2.36. The molecule has 0 heterocycles. The second kappa shape index (κ2) is 8.80. The molecular weight excluding hydrogens is 345 g/mol. The van der Waals surface area contributed by atoms with E-state index >= 15 is 0 Å². The Labute approximate surface area is 158 Å². The Bertz CT molecular complexity index is 815. The molecule has 1 unspecified atom stereocenters. The van der Waals surface area contributed by atoms with Gasteiger partial charge in [0, 0.05) is 12.0 Å². The summed E-state index contributed by atoms with van der Waals surface area (Å²) in [6.07, 6.45) is 4.64. The number of carboxylic acid groups (broad SMARTS) is 1. The van der Waals surface area contributed by atoms with Gasteiger partial charge < -0.3 is 10.4 Å². The first-order chi connectivity index (χ1) is 13.1. The first-order valence-electron chi connectivity index (χ1n) is 9.41. The third-order valence-corrected chi connectivity index (χ3v) is 5.30. The molecule has 1 atom stereocenters. The Balaban J connectivity index is 1.70. The van der Waals surface area contributed by atoms with Crippen LogP contribution in [0.15, 0.2) is 48.5 Å². The smallest absolute Gasteiger partial charge is 0.335 e. The highest BCUT2D eigenvalue weighted by molar-refractivity contribution is 5.89. The minimum atomic E-state index is -0.999. The summed E-state index contributed by atoms with van der Waals surface area (Å²) >= 11 is 0. The van der Waals surface area contributed by atoms with Crippen molar-refractivity contribution in [2.75, 3.05) is 0 Å². The monoisotopic (exact) mass is 369 g/mol. The third kappa shape index (κ3) is 4.73. The molecule has 5 heteroatoms. The van der Waals surface area contributed by atoms with Gasteiger partial charge >= 0.3 is 5.97 Å². The number of hydrogen-bond acceptors (Lipinski definition) is 2. The number of aryl methyl sites for hydroxylation is 1. The Morgan fingerprint density at radius 1 is 1.07 bits per heavy atom. The van der Waals surface area contributed by atoms with Gasteiger partial charge in [0.2, 0.25) is 5.91 Å². The summed E-state index contributed by atoms with van der Waals surface area (Å²) < 4.78 is 14.3. The maximum atomic E-state index is 14.3. The van der Waals surface area contributed by atoms with Crippen LogP contribution >= 0.6 is 0 Å². The van der Waals surface area contributed by atoms with Crippen molar-refractivity contribution in [1.29, 1.82) is 0 Å². The molecule has 3 rings (SSSR count). The topological polar surface area (TPSA) is 66.4 Å².